The number of nitrogens with one attached hydrogen (secondary N) is 1. The molecule has 0 amide bonds. The molecule has 0 saturated carbocycles. The Morgan fingerprint density at radius 1 is 1.43 bits per heavy atom. The van der Waals surface area contributed by atoms with Crippen molar-refractivity contribution in [3.8, 4) is 11.5 Å². The van der Waals surface area contributed by atoms with Gasteiger partial charge in [0.1, 0.15) is 5.56 Å². The first-order chi connectivity index (χ1) is 10.7. The average Bonchev–Trinajstić information content (AvgIpc) is 2.93. The second kappa shape index (κ2) is 6.32. The lowest BCUT2D eigenvalue weighted by molar-refractivity contribution is -0.384. The van der Waals surface area contributed by atoms with Crippen molar-refractivity contribution < 1.29 is 22.6 Å². The van der Waals surface area contributed by atoms with Crippen LogP contribution in [-0.2, 0) is 12.6 Å². The van der Waals surface area contributed by atoms with E-state index < -0.39 is 22.4 Å². The van der Waals surface area contributed by atoms with E-state index in [0.29, 0.717) is 18.3 Å². The molecule has 0 aliphatic heterocycles. The van der Waals surface area contributed by atoms with Crippen molar-refractivity contribution in [2.45, 2.75) is 25.6 Å². The van der Waals surface area contributed by atoms with Crippen LogP contribution < -0.4 is 5.32 Å². The summed E-state index contributed by atoms with van der Waals surface area (Å²) in [6, 6.07) is 2.19. The Morgan fingerprint density at radius 3 is 2.70 bits per heavy atom. The van der Waals surface area contributed by atoms with Crippen molar-refractivity contribution in [1.29, 1.82) is 0 Å². The van der Waals surface area contributed by atoms with E-state index in [2.05, 4.69) is 15.5 Å². The summed E-state index contributed by atoms with van der Waals surface area (Å²) in [7, 11) is 1.74. The number of halogens is 3. The van der Waals surface area contributed by atoms with Crippen molar-refractivity contribution in [3.63, 3.8) is 0 Å². The molecule has 0 fully saturated rings. The maximum atomic E-state index is 12.7. The van der Waals surface area contributed by atoms with Crippen LogP contribution in [0.5, 0.6) is 0 Å². The lowest BCUT2D eigenvalue weighted by atomic mass is 10.1. The standard InChI is InChI=1S/C13H13F3N4O3/c1-7(17-2)5-11-18-12(23-19-11)9-4-3-8(13(14,15)16)6-10(9)20(21)22/h3-4,6-7,17H,5H2,1-2H3. The van der Waals surface area contributed by atoms with E-state index in [1.165, 1.54) is 0 Å². The van der Waals surface area contributed by atoms with E-state index >= 15 is 0 Å². The molecule has 2 rings (SSSR count). The summed E-state index contributed by atoms with van der Waals surface area (Å²) in [5.74, 6) is 0.111. The third-order valence-electron chi connectivity index (χ3n) is 3.20. The van der Waals surface area contributed by atoms with Gasteiger partial charge in [0.05, 0.1) is 10.5 Å². The summed E-state index contributed by atoms with van der Waals surface area (Å²) in [6.07, 6.45) is -4.26. The Hall–Kier alpha value is -2.49. The lowest BCUT2D eigenvalue weighted by Crippen LogP contribution is -2.24. The van der Waals surface area contributed by atoms with Gasteiger partial charge in [-0.2, -0.15) is 18.2 Å². The van der Waals surface area contributed by atoms with Gasteiger partial charge in [-0.1, -0.05) is 5.16 Å². The van der Waals surface area contributed by atoms with Crippen LogP contribution in [0.4, 0.5) is 18.9 Å². The maximum Gasteiger partial charge on any atom is 0.416 e. The number of nitro groups is 1. The van der Waals surface area contributed by atoms with Crippen LogP contribution in [0.15, 0.2) is 22.7 Å². The molecule has 0 aliphatic carbocycles. The molecule has 10 heteroatoms. The van der Waals surface area contributed by atoms with Crippen molar-refractivity contribution in [2.75, 3.05) is 7.05 Å². The first-order valence-electron chi connectivity index (χ1n) is 6.58. The Morgan fingerprint density at radius 2 is 2.13 bits per heavy atom. The van der Waals surface area contributed by atoms with E-state index in [1.54, 1.807) is 7.05 Å². The van der Waals surface area contributed by atoms with Crippen LogP contribution in [0.25, 0.3) is 11.5 Å². The largest absolute Gasteiger partial charge is 0.416 e. The number of benzene rings is 1. The van der Waals surface area contributed by atoms with E-state index in [9.17, 15) is 23.3 Å². The van der Waals surface area contributed by atoms with Crippen LogP contribution in [0.3, 0.4) is 0 Å². The molecular weight excluding hydrogens is 317 g/mol. The molecule has 0 radical (unpaired) electrons. The van der Waals surface area contributed by atoms with Gasteiger partial charge in [-0.3, -0.25) is 10.1 Å². The molecule has 1 aromatic heterocycles. The van der Waals surface area contributed by atoms with Crippen LogP contribution in [-0.4, -0.2) is 28.2 Å². The number of nitrogens with zero attached hydrogens (tertiary/aromatic N) is 3. The summed E-state index contributed by atoms with van der Waals surface area (Å²) in [5.41, 5.74) is -2.01. The molecule has 0 saturated heterocycles. The summed E-state index contributed by atoms with van der Waals surface area (Å²) in [6.45, 7) is 1.87. The number of rotatable bonds is 5. The second-order valence-electron chi connectivity index (χ2n) is 4.90. The van der Waals surface area contributed by atoms with Gasteiger partial charge in [0.15, 0.2) is 5.82 Å². The number of aromatic nitrogens is 2. The van der Waals surface area contributed by atoms with Crippen molar-refractivity contribution in [1.82, 2.24) is 15.5 Å². The Kier molecular flexibility index (Phi) is 4.64. The predicted molar refractivity (Wildman–Crippen MR) is 73.6 cm³/mol. The minimum atomic E-state index is -4.68. The Bertz CT molecular complexity index is 715. The lowest BCUT2D eigenvalue weighted by Gasteiger charge is -2.07. The fraction of sp³-hybridized carbons (Fsp3) is 0.385. The van der Waals surface area contributed by atoms with Crippen LogP contribution in [0.2, 0.25) is 0 Å². The summed E-state index contributed by atoms with van der Waals surface area (Å²) >= 11 is 0. The zero-order valence-electron chi connectivity index (χ0n) is 12.2. The van der Waals surface area contributed by atoms with E-state index in [0.717, 1.165) is 12.1 Å². The minimum Gasteiger partial charge on any atom is -0.334 e. The number of alkyl halides is 3. The summed E-state index contributed by atoms with van der Waals surface area (Å²) in [5, 5.41) is 17.7. The average molecular weight is 330 g/mol. The number of hydrogen-bond acceptors (Lipinski definition) is 6. The van der Waals surface area contributed by atoms with Crippen LogP contribution in [0, 0.1) is 10.1 Å². The van der Waals surface area contributed by atoms with Gasteiger partial charge < -0.3 is 9.84 Å². The number of hydrogen-bond donors (Lipinski definition) is 1. The molecule has 2 aromatic rings. The molecule has 1 atom stereocenters. The van der Waals surface area contributed by atoms with Gasteiger partial charge in [-0.05, 0) is 26.1 Å². The highest BCUT2D eigenvalue weighted by Crippen LogP contribution is 2.36. The van der Waals surface area contributed by atoms with E-state index in [4.69, 9.17) is 4.52 Å². The highest BCUT2D eigenvalue weighted by Gasteiger charge is 2.34. The molecule has 23 heavy (non-hydrogen) atoms. The van der Waals surface area contributed by atoms with Crippen molar-refractivity contribution in [2.24, 2.45) is 0 Å². The first kappa shape index (κ1) is 16.9. The zero-order chi connectivity index (χ0) is 17.2. The molecule has 1 aromatic carbocycles. The van der Waals surface area contributed by atoms with Crippen molar-refractivity contribution in [3.05, 3.63) is 39.7 Å². The Labute approximate surface area is 128 Å². The fourth-order valence-electron chi connectivity index (χ4n) is 1.86. The predicted octanol–water partition coefficient (Wildman–Crippen LogP) is 2.81. The van der Waals surface area contributed by atoms with Gasteiger partial charge in [0.2, 0.25) is 0 Å². The van der Waals surface area contributed by atoms with E-state index in [-0.39, 0.29) is 17.5 Å². The quantitative estimate of drug-likeness (QED) is 0.669. The monoisotopic (exact) mass is 330 g/mol. The smallest absolute Gasteiger partial charge is 0.334 e. The highest BCUT2D eigenvalue weighted by atomic mass is 19.4. The van der Waals surface area contributed by atoms with Gasteiger partial charge in [0, 0.05) is 18.5 Å². The third kappa shape index (κ3) is 3.83. The molecule has 7 nitrogen and oxygen atoms in total. The fourth-order valence-corrected chi connectivity index (χ4v) is 1.86. The van der Waals surface area contributed by atoms with Gasteiger partial charge in [-0.25, -0.2) is 0 Å². The normalized spacial score (nSPS) is 13.1. The molecule has 1 unspecified atom stereocenters. The highest BCUT2D eigenvalue weighted by molar-refractivity contribution is 5.67. The first-order valence-corrected chi connectivity index (χ1v) is 6.58. The van der Waals surface area contributed by atoms with Gasteiger partial charge in [0.25, 0.3) is 11.6 Å². The second-order valence-corrected chi connectivity index (χ2v) is 4.90. The SMILES string of the molecule is CNC(C)Cc1noc(-c2ccc(C(F)(F)F)cc2[N+](=O)[O-])n1. The summed E-state index contributed by atoms with van der Waals surface area (Å²) in [4.78, 5) is 14.1. The topological polar surface area (TPSA) is 94.1 Å². The van der Waals surface area contributed by atoms with E-state index in [1.807, 2.05) is 6.92 Å². The molecule has 1 N–H and O–H groups in total. The van der Waals surface area contributed by atoms with Gasteiger partial charge in [-0.15, -0.1) is 0 Å². The molecule has 0 spiro atoms. The third-order valence-corrected chi connectivity index (χ3v) is 3.20. The molecule has 0 aliphatic rings. The molecule has 0 bridgehead atoms. The number of nitro benzene ring substituents is 1. The minimum absolute atomic E-state index is 0.0445. The molecule has 1 heterocycles. The van der Waals surface area contributed by atoms with Crippen LogP contribution in [0.1, 0.15) is 18.3 Å². The van der Waals surface area contributed by atoms with Gasteiger partial charge >= 0.3 is 6.18 Å². The summed E-state index contributed by atoms with van der Waals surface area (Å²) < 4.78 is 43.0. The number of likely N-dealkylation sites (N-methyl/N-ethyl adjacent to an activating group) is 1. The van der Waals surface area contributed by atoms with Crippen LogP contribution >= 0.6 is 0 Å². The maximum absolute atomic E-state index is 12.7. The van der Waals surface area contributed by atoms with Crippen molar-refractivity contribution >= 4 is 5.69 Å². The zero-order valence-corrected chi connectivity index (χ0v) is 12.2. The molecular formula is C13H13F3N4O3. The molecule has 124 valence electrons. The Balaban J connectivity index is 2.41.